The van der Waals surface area contributed by atoms with Crippen molar-refractivity contribution in [1.29, 1.82) is 0 Å². The highest BCUT2D eigenvalue weighted by Gasteiger charge is 2.24. The maximum absolute atomic E-state index is 12.7. The van der Waals surface area contributed by atoms with Crippen LogP contribution in [0.15, 0.2) is 47.4 Å². The zero-order valence-corrected chi connectivity index (χ0v) is 19.7. The van der Waals surface area contributed by atoms with Gasteiger partial charge in [0.15, 0.2) is 0 Å². The Hall–Kier alpha value is -3.11. The van der Waals surface area contributed by atoms with E-state index in [1.165, 1.54) is 12.1 Å². The zero-order valence-electron chi connectivity index (χ0n) is 18.9. The monoisotopic (exact) mass is 474 g/mol. The molecule has 3 N–H and O–H groups in total. The van der Waals surface area contributed by atoms with Gasteiger partial charge in [0.2, 0.25) is 5.91 Å². The number of nitrogens with zero attached hydrogens (tertiary/aromatic N) is 2. The molecule has 2 aromatic rings. The van der Waals surface area contributed by atoms with Crippen LogP contribution in [0.25, 0.3) is 0 Å². The highest BCUT2D eigenvalue weighted by Crippen LogP contribution is 2.27. The molecule has 0 spiro atoms. The molecule has 0 bridgehead atoms. The molecule has 10 heteroatoms. The minimum atomic E-state index is -3.84. The first-order valence-corrected chi connectivity index (χ1v) is 12.4. The number of carbonyl (C=O) groups is 2. The van der Waals surface area contributed by atoms with Gasteiger partial charge < -0.3 is 15.3 Å². The van der Waals surface area contributed by atoms with Gasteiger partial charge in [-0.3, -0.25) is 14.4 Å². The number of anilines is 2. The number of carboxylic acid groups (broad SMARTS) is 1. The third-order valence-corrected chi connectivity index (χ3v) is 6.81. The Balaban J connectivity index is 1.71. The zero-order chi connectivity index (χ0) is 24.0. The van der Waals surface area contributed by atoms with Gasteiger partial charge in [0.05, 0.1) is 22.7 Å². The van der Waals surface area contributed by atoms with Crippen molar-refractivity contribution in [2.75, 3.05) is 48.9 Å². The van der Waals surface area contributed by atoms with E-state index in [1.807, 2.05) is 16.7 Å². The Bertz CT molecular complexity index is 1110. The molecule has 178 valence electrons. The van der Waals surface area contributed by atoms with Gasteiger partial charge in [0.25, 0.3) is 10.0 Å². The lowest BCUT2D eigenvalue weighted by molar-refractivity contribution is -0.122. The number of sulfonamides is 1. The van der Waals surface area contributed by atoms with Gasteiger partial charge in [-0.15, -0.1) is 0 Å². The van der Waals surface area contributed by atoms with Crippen LogP contribution < -0.4 is 14.9 Å². The van der Waals surface area contributed by atoms with E-state index < -0.39 is 16.0 Å². The van der Waals surface area contributed by atoms with Gasteiger partial charge in [0, 0.05) is 38.4 Å². The molecular weight excluding hydrogens is 444 g/mol. The molecular formula is C23H30N4O5S. The highest BCUT2D eigenvalue weighted by atomic mass is 32.2. The van der Waals surface area contributed by atoms with E-state index in [0.29, 0.717) is 45.0 Å². The van der Waals surface area contributed by atoms with Crippen LogP contribution in [0.4, 0.5) is 11.4 Å². The minimum absolute atomic E-state index is 0.0122. The van der Waals surface area contributed by atoms with Crippen molar-refractivity contribution < 1.29 is 23.1 Å². The summed E-state index contributed by atoms with van der Waals surface area (Å²) in [5, 5.41) is 12.6. The molecule has 2 aromatic carbocycles. The normalized spacial score (nSPS) is 14.7. The van der Waals surface area contributed by atoms with E-state index in [9.17, 15) is 23.1 Å². The average molecular weight is 475 g/mol. The predicted molar refractivity (Wildman–Crippen MR) is 127 cm³/mol. The maximum atomic E-state index is 12.7. The van der Waals surface area contributed by atoms with Crippen LogP contribution in [0.2, 0.25) is 0 Å². The Labute approximate surface area is 194 Å². The Morgan fingerprint density at radius 2 is 1.79 bits per heavy atom. The highest BCUT2D eigenvalue weighted by molar-refractivity contribution is 7.92. The smallest absolute Gasteiger partial charge is 0.337 e. The minimum Gasteiger partial charge on any atom is -0.478 e. The van der Waals surface area contributed by atoms with Gasteiger partial charge in [0.1, 0.15) is 0 Å². The molecule has 0 unspecified atom stereocenters. The predicted octanol–water partition coefficient (Wildman–Crippen LogP) is 2.14. The van der Waals surface area contributed by atoms with Crippen LogP contribution in [0, 0.1) is 6.92 Å². The molecule has 1 heterocycles. The van der Waals surface area contributed by atoms with Crippen molar-refractivity contribution in [3.63, 3.8) is 0 Å². The van der Waals surface area contributed by atoms with E-state index in [1.54, 1.807) is 37.3 Å². The fraction of sp³-hybridized carbons (Fsp3) is 0.391. The van der Waals surface area contributed by atoms with Crippen LogP contribution in [0.5, 0.6) is 0 Å². The van der Waals surface area contributed by atoms with Crippen LogP contribution >= 0.6 is 0 Å². The first kappa shape index (κ1) is 24.5. The topological polar surface area (TPSA) is 119 Å². The molecule has 33 heavy (non-hydrogen) atoms. The Morgan fingerprint density at radius 3 is 2.42 bits per heavy atom. The summed E-state index contributed by atoms with van der Waals surface area (Å²) in [7, 11) is -3.84. The van der Waals surface area contributed by atoms with Crippen LogP contribution in [-0.2, 0) is 14.8 Å². The average Bonchev–Trinajstić information content (AvgIpc) is 2.78. The third-order valence-electron chi connectivity index (χ3n) is 5.43. The van der Waals surface area contributed by atoms with Gasteiger partial charge >= 0.3 is 5.97 Å². The van der Waals surface area contributed by atoms with Crippen LogP contribution in [-0.4, -0.2) is 69.6 Å². The molecule has 1 aliphatic rings. The van der Waals surface area contributed by atoms with E-state index in [2.05, 4.69) is 10.0 Å². The molecule has 3 rings (SSSR count). The number of hydrogen-bond donors (Lipinski definition) is 3. The Morgan fingerprint density at radius 1 is 1.06 bits per heavy atom. The molecule has 1 amide bonds. The van der Waals surface area contributed by atoms with Crippen molar-refractivity contribution in [2.24, 2.45) is 0 Å². The Kier molecular flexibility index (Phi) is 7.93. The lowest BCUT2D eigenvalue weighted by Crippen LogP contribution is -2.49. The number of carboxylic acids is 1. The van der Waals surface area contributed by atoms with Gasteiger partial charge in [-0.1, -0.05) is 19.1 Å². The van der Waals surface area contributed by atoms with Crippen molar-refractivity contribution >= 4 is 33.3 Å². The van der Waals surface area contributed by atoms with Crippen molar-refractivity contribution in [3.8, 4) is 0 Å². The number of aromatic carboxylic acids is 1. The second-order valence-corrected chi connectivity index (χ2v) is 9.75. The number of piperazine rings is 1. The molecule has 1 aliphatic heterocycles. The second kappa shape index (κ2) is 10.7. The molecule has 0 aromatic heterocycles. The lowest BCUT2D eigenvalue weighted by atomic mass is 10.1. The lowest BCUT2D eigenvalue weighted by Gasteiger charge is -2.36. The van der Waals surface area contributed by atoms with Crippen molar-refractivity contribution in [1.82, 2.24) is 10.2 Å². The first-order chi connectivity index (χ1) is 15.7. The fourth-order valence-corrected chi connectivity index (χ4v) is 4.87. The molecule has 9 nitrogen and oxygen atoms in total. The van der Waals surface area contributed by atoms with Crippen LogP contribution in [0.3, 0.4) is 0 Å². The molecule has 0 aliphatic carbocycles. The summed E-state index contributed by atoms with van der Waals surface area (Å²) in [5.41, 5.74) is 1.54. The summed E-state index contributed by atoms with van der Waals surface area (Å²) in [6.07, 6.45) is 0.884. The summed E-state index contributed by atoms with van der Waals surface area (Å²) in [5.74, 6) is -1.15. The second-order valence-electron chi connectivity index (χ2n) is 8.07. The van der Waals surface area contributed by atoms with Gasteiger partial charge in [-0.05, 0) is 49.2 Å². The third kappa shape index (κ3) is 6.45. The number of amides is 1. The molecule has 0 saturated carbocycles. The van der Waals surface area contributed by atoms with Crippen molar-refractivity contribution in [3.05, 3.63) is 53.6 Å². The number of benzene rings is 2. The van der Waals surface area contributed by atoms with Gasteiger partial charge in [-0.2, -0.15) is 0 Å². The molecule has 0 radical (unpaired) electrons. The molecule has 0 atom stereocenters. The van der Waals surface area contributed by atoms with Crippen LogP contribution in [0.1, 0.15) is 29.3 Å². The summed E-state index contributed by atoms with van der Waals surface area (Å²) < 4.78 is 27.9. The van der Waals surface area contributed by atoms with E-state index >= 15 is 0 Å². The number of nitrogens with one attached hydrogen (secondary N) is 2. The molecule has 1 saturated heterocycles. The summed E-state index contributed by atoms with van der Waals surface area (Å²) in [6.45, 7) is 7.15. The number of hydrogen-bond acceptors (Lipinski definition) is 6. The maximum Gasteiger partial charge on any atom is 0.337 e. The van der Waals surface area contributed by atoms with Crippen molar-refractivity contribution in [2.45, 2.75) is 25.2 Å². The number of carbonyl (C=O) groups excluding carboxylic acids is 1. The first-order valence-electron chi connectivity index (χ1n) is 10.9. The molecule has 1 fully saturated rings. The van der Waals surface area contributed by atoms with E-state index in [0.717, 1.165) is 12.0 Å². The number of rotatable bonds is 9. The fourth-order valence-electron chi connectivity index (χ4n) is 3.71. The summed E-state index contributed by atoms with van der Waals surface area (Å²) in [4.78, 5) is 28.0. The van der Waals surface area contributed by atoms with Gasteiger partial charge in [-0.25, -0.2) is 13.2 Å². The standard InChI is InChI=1S/C23H30N4O5S/c1-3-9-24-22(28)16-26-10-12-27(13-11-26)21-8-7-18(15-20(21)23(29)30)25-33(31,32)19-6-4-5-17(2)14-19/h4-8,14-15,25H,3,9-13,16H2,1-2H3,(H,24,28)(H,29,30). The summed E-state index contributed by atoms with van der Waals surface area (Å²) >= 11 is 0. The van der Waals surface area contributed by atoms with E-state index in [-0.39, 0.29) is 22.1 Å². The largest absolute Gasteiger partial charge is 0.478 e. The van der Waals surface area contributed by atoms with E-state index in [4.69, 9.17) is 0 Å². The number of aryl methyl sites for hydroxylation is 1. The SMILES string of the molecule is CCCNC(=O)CN1CCN(c2ccc(NS(=O)(=O)c3cccc(C)c3)cc2C(=O)O)CC1. The quantitative estimate of drug-likeness (QED) is 0.509. The summed E-state index contributed by atoms with van der Waals surface area (Å²) in [6, 6.07) is 11.0.